The van der Waals surface area contributed by atoms with E-state index in [1.807, 2.05) is 44.4 Å². The van der Waals surface area contributed by atoms with Gasteiger partial charge in [0.2, 0.25) is 0 Å². The number of benzene rings is 1. The molecule has 0 atom stereocenters. The minimum atomic E-state index is -0.444. The van der Waals surface area contributed by atoms with Crippen LogP contribution in [0.25, 0.3) is 5.57 Å². The first-order valence-electron chi connectivity index (χ1n) is 6.97. The van der Waals surface area contributed by atoms with Crippen molar-refractivity contribution >= 4 is 11.5 Å². The number of carbonyl (C=O) groups is 1. The van der Waals surface area contributed by atoms with E-state index in [1.54, 1.807) is 22.7 Å². The molecule has 0 aliphatic heterocycles. The average Bonchev–Trinajstić information content (AvgIpc) is 2.93. The number of hydrogen-bond donors (Lipinski definition) is 0. The molecular weight excluding hydrogens is 282 g/mol. The smallest absolute Gasteiger partial charge is 0.343 e. The molecule has 0 fully saturated rings. The highest BCUT2D eigenvalue weighted by atomic mass is 16.5. The van der Waals surface area contributed by atoms with Crippen LogP contribution in [-0.4, -0.2) is 51.8 Å². The van der Waals surface area contributed by atoms with Crippen molar-refractivity contribution in [2.75, 3.05) is 20.7 Å². The second-order valence-electron chi connectivity index (χ2n) is 4.87. The Bertz CT molecular complexity index is 649. The number of ether oxygens (including phenoxy) is 1. The van der Waals surface area contributed by atoms with Crippen molar-refractivity contribution in [3.05, 3.63) is 47.9 Å². The van der Waals surface area contributed by atoms with Crippen LogP contribution in [0.3, 0.4) is 0 Å². The Morgan fingerprint density at radius 3 is 2.68 bits per heavy atom. The third kappa shape index (κ3) is 3.91. The van der Waals surface area contributed by atoms with Gasteiger partial charge in [0.05, 0.1) is 13.2 Å². The molecule has 0 unspecified atom stereocenters. The lowest BCUT2D eigenvalue weighted by Crippen LogP contribution is -2.16. The zero-order valence-electron chi connectivity index (χ0n) is 12.9. The largest absolute Gasteiger partial charge is 0.462 e. The summed E-state index contributed by atoms with van der Waals surface area (Å²) in [6, 6.07) is 9.79. The molecular formula is C15H19N5O2. The summed E-state index contributed by atoms with van der Waals surface area (Å²) in [6.07, 6.45) is 1.66. The van der Waals surface area contributed by atoms with E-state index in [4.69, 9.17) is 4.74 Å². The maximum absolute atomic E-state index is 12.2. The van der Waals surface area contributed by atoms with Crippen molar-refractivity contribution in [3.8, 4) is 0 Å². The third-order valence-electron chi connectivity index (χ3n) is 2.83. The maximum atomic E-state index is 12.2. The lowest BCUT2D eigenvalue weighted by Gasteiger charge is -2.11. The topological polar surface area (TPSA) is 73.1 Å². The second-order valence-corrected chi connectivity index (χ2v) is 4.87. The van der Waals surface area contributed by atoms with Crippen molar-refractivity contribution in [1.82, 2.24) is 25.1 Å². The number of carbonyl (C=O) groups excluding carboxylic acids is 1. The Morgan fingerprint density at radius 1 is 1.32 bits per heavy atom. The highest BCUT2D eigenvalue weighted by Crippen LogP contribution is 2.15. The number of esters is 1. The van der Waals surface area contributed by atoms with E-state index >= 15 is 0 Å². The fourth-order valence-corrected chi connectivity index (χ4v) is 1.93. The van der Waals surface area contributed by atoms with Gasteiger partial charge in [-0.05, 0) is 22.9 Å². The normalized spacial score (nSPS) is 11.3. The van der Waals surface area contributed by atoms with Gasteiger partial charge in [-0.15, -0.1) is 5.10 Å². The summed E-state index contributed by atoms with van der Waals surface area (Å²) < 4.78 is 6.68. The highest BCUT2D eigenvalue weighted by Gasteiger charge is 2.21. The number of aromatic nitrogens is 4. The van der Waals surface area contributed by atoms with Gasteiger partial charge in [0.25, 0.3) is 0 Å². The van der Waals surface area contributed by atoms with Crippen molar-refractivity contribution in [3.63, 3.8) is 0 Å². The van der Waals surface area contributed by atoms with Gasteiger partial charge in [-0.2, -0.15) is 0 Å². The van der Waals surface area contributed by atoms with E-state index < -0.39 is 5.97 Å². The number of rotatable bonds is 6. The van der Waals surface area contributed by atoms with E-state index in [0.717, 1.165) is 5.56 Å². The van der Waals surface area contributed by atoms with E-state index in [2.05, 4.69) is 15.5 Å². The second kappa shape index (κ2) is 7.35. The van der Waals surface area contributed by atoms with Gasteiger partial charge in [0.1, 0.15) is 5.57 Å². The zero-order chi connectivity index (χ0) is 15.9. The van der Waals surface area contributed by atoms with E-state index in [0.29, 0.717) is 24.5 Å². The minimum absolute atomic E-state index is 0.295. The molecule has 1 aromatic carbocycles. The summed E-state index contributed by atoms with van der Waals surface area (Å²) in [6.45, 7) is 2.54. The van der Waals surface area contributed by atoms with Gasteiger partial charge in [0, 0.05) is 20.3 Å². The molecule has 0 bridgehead atoms. The third-order valence-corrected chi connectivity index (χ3v) is 2.83. The molecule has 0 saturated heterocycles. The van der Waals surface area contributed by atoms with Gasteiger partial charge in [0.15, 0.2) is 5.82 Å². The van der Waals surface area contributed by atoms with Gasteiger partial charge in [-0.1, -0.05) is 30.3 Å². The predicted octanol–water partition coefficient (Wildman–Crippen LogP) is 1.19. The molecule has 2 rings (SSSR count). The fraction of sp³-hybridized carbons (Fsp3) is 0.333. The van der Waals surface area contributed by atoms with Gasteiger partial charge >= 0.3 is 5.97 Å². The lowest BCUT2D eigenvalue weighted by molar-refractivity contribution is -0.136. The Kier molecular flexibility index (Phi) is 5.24. The van der Waals surface area contributed by atoms with Crippen LogP contribution in [0.15, 0.2) is 36.5 Å². The Labute approximate surface area is 129 Å². The summed E-state index contributed by atoms with van der Waals surface area (Å²) in [5.74, 6) is -0.0590. The number of hydrogen-bond acceptors (Lipinski definition) is 6. The Balaban J connectivity index is 2.33. The van der Waals surface area contributed by atoms with Crippen molar-refractivity contribution in [2.24, 2.45) is 0 Å². The highest BCUT2D eigenvalue weighted by molar-refractivity contribution is 6.15. The molecule has 0 aliphatic carbocycles. The van der Waals surface area contributed by atoms with E-state index in [1.165, 1.54) is 0 Å². The SMILES string of the molecule is CCOC(=O)/C(=C/N(C)C)c1nnnn1Cc1ccccc1. The summed E-state index contributed by atoms with van der Waals surface area (Å²) >= 11 is 0. The van der Waals surface area contributed by atoms with Crippen LogP contribution in [0.4, 0.5) is 0 Å². The van der Waals surface area contributed by atoms with Crippen molar-refractivity contribution in [1.29, 1.82) is 0 Å². The molecule has 0 aliphatic rings. The summed E-state index contributed by atoms with van der Waals surface area (Å²) in [5, 5.41) is 11.6. The molecule has 0 spiro atoms. The minimum Gasteiger partial charge on any atom is -0.462 e. The zero-order valence-corrected chi connectivity index (χ0v) is 12.9. The standard InChI is InChI=1S/C15H19N5O2/c1-4-22-15(21)13(11-19(2)3)14-16-17-18-20(14)10-12-8-6-5-7-9-12/h5-9,11H,4,10H2,1-3H3/b13-11+. The van der Waals surface area contributed by atoms with E-state index in [-0.39, 0.29) is 0 Å². The Morgan fingerprint density at radius 2 is 2.05 bits per heavy atom. The molecule has 1 aromatic heterocycles. The van der Waals surface area contributed by atoms with E-state index in [9.17, 15) is 4.79 Å². The van der Waals surface area contributed by atoms with Crippen LogP contribution in [0.2, 0.25) is 0 Å². The summed E-state index contributed by atoms with van der Waals surface area (Å²) in [7, 11) is 3.65. The quantitative estimate of drug-likeness (QED) is 0.589. The van der Waals surface area contributed by atoms with Crippen LogP contribution in [0, 0.1) is 0 Å². The molecule has 0 saturated carbocycles. The molecule has 0 radical (unpaired) electrons. The van der Waals surface area contributed by atoms with Gasteiger partial charge in [-0.25, -0.2) is 9.48 Å². The molecule has 7 nitrogen and oxygen atoms in total. The van der Waals surface area contributed by atoms with Crippen molar-refractivity contribution in [2.45, 2.75) is 13.5 Å². The molecule has 22 heavy (non-hydrogen) atoms. The first-order valence-corrected chi connectivity index (χ1v) is 6.97. The molecule has 116 valence electrons. The molecule has 2 aromatic rings. The van der Waals surface area contributed by atoms with Crippen LogP contribution in [-0.2, 0) is 16.1 Å². The predicted molar refractivity (Wildman–Crippen MR) is 81.7 cm³/mol. The fourth-order valence-electron chi connectivity index (χ4n) is 1.93. The molecule has 0 amide bonds. The number of tetrazole rings is 1. The van der Waals surface area contributed by atoms with Gasteiger partial charge in [-0.3, -0.25) is 0 Å². The maximum Gasteiger partial charge on any atom is 0.343 e. The van der Waals surface area contributed by atoms with Crippen LogP contribution in [0.1, 0.15) is 18.3 Å². The van der Waals surface area contributed by atoms with Crippen molar-refractivity contribution < 1.29 is 9.53 Å². The summed E-state index contributed by atoms with van der Waals surface area (Å²) in [5.41, 5.74) is 1.37. The first-order chi connectivity index (χ1) is 10.6. The Hall–Kier alpha value is -2.70. The molecule has 7 heteroatoms. The molecule has 1 heterocycles. The lowest BCUT2D eigenvalue weighted by atomic mass is 10.2. The average molecular weight is 301 g/mol. The first kappa shape index (κ1) is 15.7. The summed E-state index contributed by atoms with van der Waals surface area (Å²) in [4.78, 5) is 13.9. The monoisotopic (exact) mass is 301 g/mol. The van der Waals surface area contributed by atoms with Crippen LogP contribution in [0.5, 0.6) is 0 Å². The number of nitrogens with zero attached hydrogens (tertiary/aromatic N) is 5. The van der Waals surface area contributed by atoms with Crippen LogP contribution >= 0.6 is 0 Å². The molecule has 0 N–H and O–H groups in total. The van der Waals surface area contributed by atoms with Gasteiger partial charge < -0.3 is 9.64 Å². The van der Waals surface area contributed by atoms with Crippen LogP contribution < -0.4 is 0 Å².